The number of anilines is 1. The summed E-state index contributed by atoms with van der Waals surface area (Å²) in [5.41, 5.74) is 3.35. The van der Waals surface area contributed by atoms with Crippen molar-refractivity contribution in [2.24, 2.45) is 5.92 Å². The molecule has 0 saturated carbocycles. The van der Waals surface area contributed by atoms with Gasteiger partial charge in [0.2, 0.25) is 15.9 Å². The number of carbonyl (C=O) groups excluding carboxylic acids is 1. The van der Waals surface area contributed by atoms with Gasteiger partial charge in [0.1, 0.15) is 0 Å². The van der Waals surface area contributed by atoms with Crippen LogP contribution in [0.25, 0.3) is 0 Å². The van der Waals surface area contributed by atoms with E-state index in [1.807, 2.05) is 25.3 Å². The van der Waals surface area contributed by atoms with Gasteiger partial charge in [0.15, 0.2) is 5.13 Å². The van der Waals surface area contributed by atoms with E-state index in [1.54, 1.807) is 17.8 Å². The second-order valence-corrected chi connectivity index (χ2v) is 11.6. The highest BCUT2D eigenvalue weighted by Crippen LogP contribution is 2.32. The van der Waals surface area contributed by atoms with Gasteiger partial charge < -0.3 is 5.32 Å². The third kappa shape index (κ3) is 4.23. The van der Waals surface area contributed by atoms with Gasteiger partial charge in [-0.3, -0.25) is 4.79 Å². The monoisotopic (exact) mass is 451 g/mol. The van der Waals surface area contributed by atoms with Crippen LogP contribution in [0.5, 0.6) is 0 Å². The van der Waals surface area contributed by atoms with Crippen molar-refractivity contribution in [2.75, 3.05) is 24.7 Å². The summed E-state index contributed by atoms with van der Waals surface area (Å²) >= 11 is 3.10. The number of hydrogen-bond acceptors (Lipinski definition) is 6. The molecule has 6 nitrogen and oxygen atoms in total. The zero-order chi connectivity index (χ0) is 20.6. The molecule has 0 atom stereocenters. The van der Waals surface area contributed by atoms with E-state index >= 15 is 0 Å². The van der Waals surface area contributed by atoms with Crippen molar-refractivity contribution in [3.63, 3.8) is 0 Å². The van der Waals surface area contributed by atoms with E-state index in [0.29, 0.717) is 36.0 Å². The van der Waals surface area contributed by atoms with Gasteiger partial charge in [0, 0.05) is 19.0 Å². The summed E-state index contributed by atoms with van der Waals surface area (Å²) < 4.78 is 28.7. The fraction of sp³-hybridized carbons (Fsp3) is 0.500. The molecule has 4 rings (SSSR count). The lowest BCUT2D eigenvalue weighted by molar-refractivity contribution is -0.120. The molecule has 0 spiro atoms. The van der Waals surface area contributed by atoms with E-state index in [1.165, 1.54) is 21.2 Å². The maximum atomic E-state index is 13.0. The average molecular weight is 452 g/mol. The number of thiazole rings is 1. The first-order valence-electron chi connectivity index (χ1n) is 9.82. The second-order valence-electron chi connectivity index (χ2n) is 7.55. The molecule has 1 aromatic carbocycles. The zero-order valence-corrected chi connectivity index (χ0v) is 19.1. The first-order valence-corrected chi connectivity index (χ1v) is 13.3. The molecule has 0 radical (unpaired) electrons. The summed E-state index contributed by atoms with van der Waals surface area (Å²) in [6.07, 6.45) is 6.12. The summed E-state index contributed by atoms with van der Waals surface area (Å²) in [6, 6.07) is 5.52. The number of aromatic nitrogens is 1. The lowest BCUT2D eigenvalue weighted by Gasteiger charge is -2.30. The highest BCUT2D eigenvalue weighted by atomic mass is 32.2. The van der Waals surface area contributed by atoms with Crippen molar-refractivity contribution in [3.05, 3.63) is 35.0 Å². The minimum absolute atomic E-state index is 0.0685. The molecule has 9 heteroatoms. The molecule has 0 bridgehead atoms. The molecule has 1 N–H and O–H groups in total. The molecule has 1 aliphatic carbocycles. The third-order valence-corrected chi connectivity index (χ3v) is 9.88. The number of thioether (sulfide) groups is 1. The van der Waals surface area contributed by atoms with Crippen LogP contribution in [-0.2, 0) is 27.7 Å². The molecule has 0 unspecified atom stereocenters. The molecule has 2 aliphatic rings. The predicted molar refractivity (Wildman–Crippen MR) is 117 cm³/mol. The van der Waals surface area contributed by atoms with Gasteiger partial charge in [0.25, 0.3) is 0 Å². The van der Waals surface area contributed by atoms with Crippen molar-refractivity contribution in [1.29, 1.82) is 0 Å². The van der Waals surface area contributed by atoms with Crippen LogP contribution in [0.1, 0.15) is 36.1 Å². The summed E-state index contributed by atoms with van der Waals surface area (Å²) in [4.78, 5) is 17.4. The predicted octanol–water partition coefficient (Wildman–Crippen LogP) is 3.70. The van der Waals surface area contributed by atoms with Crippen LogP contribution in [-0.4, -0.2) is 43.0 Å². The van der Waals surface area contributed by atoms with Crippen LogP contribution in [0.3, 0.4) is 0 Å². The number of carbonyl (C=O) groups is 1. The molecular weight excluding hydrogens is 426 g/mol. The maximum Gasteiger partial charge on any atom is 0.243 e. The van der Waals surface area contributed by atoms with Gasteiger partial charge in [0.05, 0.1) is 14.8 Å². The number of sulfonamides is 1. The number of aryl methyl sites for hydroxylation is 3. The Kier molecular flexibility index (Phi) is 6.02. The van der Waals surface area contributed by atoms with Gasteiger partial charge in [-0.1, -0.05) is 17.4 Å². The van der Waals surface area contributed by atoms with Gasteiger partial charge >= 0.3 is 0 Å². The van der Waals surface area contributed by atoms with Crippen molar-refractivity contribution < 1.29 is 13.2 Å². The van der Waals surface area contributed by atoms with Crippen molar-refractivity contribution in [3.8, 4) is 0 Å². The second kappa shape index (κ2) is 8.37. The summed E-state index contributed by atoms with van der Waals surface area (Å²) in [6.45, 7) is 2.66. The molecule has 1 fully saturated rings. The number of hydrogen-bond donors (Lipinski definition) is 1. The molecule has 156 valence electrons. The number of piperidine rings is 1. The quantitative estimate of drug-likeness (QED) is 0.701. The highest BCUT2D eigenvalue weighted by molar-refractivity contribution is 8.00. The van der Waals surface area contributed by atoms with E-state index in [2.05, 4.69) is 10.3 Å². The Bertz CT molecular complexity index is 1020. The Morgan fingerprint density at radius 3 is 2.66 bits per heavy atom. The zero-order valence-electron chi connectivity index (χ0n) is 16.6. The Labute approximate surface area is 180 Å². The van der Waals surface area contributed by atoms with Crippen molar-refractivity contribution >= 4 is 44.2 Å². The van der Waals surface area contributed by atoms with Gasteiger partial charge in [-0.05, 0) is 68.5 Å². The molecule has 1 saturated heterocycles. The Hall–Kier alpha value is -1.42. The first kappa shape index (κ1) is 20.8. The smallest absolute Gasteiger partial charge is 0.243 e. The molecule has 29 heavy (non-hydrogen) atoms. The summed E-state index contributed by atoms with van der Waals surface area (Å²) in [7, 11) is -3.51. The standard InChI is InChI=1S/C20H25N3O3S3/c1-13-19(27-2)28-20(21-13)22-18(24)15-8-10-23(11-9-15)29(25,26)17-7-6-14-4-3-5-16(14)12-17/h6-7,12,15H,3-5,8-11H2,1-2H3,(H,21,22,24). The topological polar surface area (TPSA) is 79.4 Å². The molecular formula is C20H25N3O3S3. The molecule has 2 heterocycles. The van der Waals surface area contributed by atoms with Crippen LogP contribution in [0.4, 0.5) is 5.13 Å². The van der Waals surface area contributed by atoms with E-state index < -0.39 is 10.0 Å². The summed E-state index contributed by atoms with van der Waals surface area (Å²) in [5, 5.41) is 3.52. The number of nitrogens with one attached hydrogen (secondary N) is 1. The van der Waals surface area contributed by atoms with Gasteiger partial charge in [-0.15, -0.1) is 11.8 Å². The molecule has 1 aromatic heterocycles. The van der Waals surface area contributed by atoms with E-state index in [9.17, 15) is 13.2 Å². The molecule has 1 amide bonds. The Balaban J connectivity index is 1.38. The highest BCUT2D eigenvalue weighted by Gasteiger charge is 2.33. The molecule has 1 aliphatic heterocycles. The Morgan fingerprint density at radius 1 is 1.24 bits per heavy atom. The number of fused-ring (bicyclic) bond motifs is 1. The van der Waals surface area contributed by atoms with Crippen LogP contribution in [0.2, 0.25) is 0 Å². The largest absolute Gasteiger partial charge is 0.302 e. The van der Waals surface area contributed by atoms with Crippen molar-refractivity contribution in [2.45, 2.75) is 48.1 Å². The first-order chi connectivity index (χ1) is 13.9. The van der Waals surface area contributed by atoms with E-state index in [0.717, 1.165) is 34.7 Å². The van der Waals surface area contributed by atoms with Crippen LogP contribution in [0.15, 0.2) is 27.3 Å². The Morgan fingerprint density at radius 2 is 1.97 bits per heavy atom. The minimum atomic E-state index is -3.51. The number of nitrogens with zero attached hydrogens (tertiary/aromatic N) is 2. The van der Waals surface area contributed by atoms with Gasteiger partial charge in [-0.25, -0.2) is 13.4 Å². The fourth-order valence-electron chi connectivity index (χ4n) is 4.05. The van der Waals surface area contributed by atoms with Crippen LogP contribution >= 0.6 is 23.1 Å². The third-order valence-electron chi connectivity index (χ3n) is 5.70. The lowest BCUT2D eigenvalue weighted by Crippen LogP contribution is -2.41. The number of rotatable bonds is 5. The van der Waals surface area contributed by atoms with Crippen LogP contribution < -0.4 is 5.32 Å². The number of benzene rings is 1. The maximum absolute atomic E-state index is 13.0. The molecule has 2 aromatic rings. The lowest BCUT2D eigenvalue weighted by atomic mass is 9.97. The van der Waals surface area contributed by atoms with E-state index in [-0.39, 0.29) is 11.8 Å². The van der Waals surface area contributed by atoms with Crippen molar-refractivity contribution in [1.82, 2.24) is 9.29 Å². The fourth-order valence-corrected chi connectivity index (χ4v) is 7.18. The SMILES string of the molecule is CSc1sc(NC(=O)C2CCN(S(=O)(=O)c3ccc4c(c3)CCC4)CC2)nc1C. The van der Waals surface area contributed by atoms with Gasteiger partial charge in [-0.2, -0.15) is 4.31 Å². The number of amides is 1. The normalized spacial score (nSPS) is 18.0. The van der Waals surface area contributed by atoms with Crippen LogP contribution in [0, 0.1) is 12.8 Å². The summed E-state index contributed by atoms with van der Waals surface area (Å²) in [5.74, 6) is -0.260. The van der Waals surface area contributed by atoms with E-state index in [4.69, 9.17) is 0 Å². The minimum Gasteiger partial charge on any atom is -0.302 e. The average Bonchev–Trinajstić information content (AvgIpc) is 3.33.